The number of aryl methyl sites for hydroxylation is 2. The summed E-state index contributed by atoms with van der Waals surface area (Å²) in [5.74, 6) is 0. The van der Waals surface area contributed by atoms with Crippen LogP contribution in [0.2, 0.25) is 0 Å². The van der Waals surface area contributed by atoms with Crippen LogP contribution in [0.1, 0.15) is 29.2 Å². The van der Waals surface area contributed by atoms with Crippen molar-refractivity contribution in [2.45, 2.75) is 27.7 Å². The molecule has 1 aromatic rings. The van der Waals surface area contributed by atoms with Crippen molar-refractivity contribution in [1.82, 2.24) is 5.43 Å². The molecule has 0 fully saturated rings. The molecule has 1 aromatic carbocycles. The molecule has 0 spiro atoms. The second kappa shape index (κ2) is 5.07. The molecule has 1 rings (SSSR count). The maximum atomic E-state index is 5.32. The SMILES string of the molecule is CC(=NNC(N)=S)c1cc(C)c(C)c(C)c1. The van der Waals surface area contributed by atoms with Gasteiger partial charge in [0.1, 0.15) is 0 Å². The molecule has 3 N–H and O–H groups in total. The normalized spacial score (nSPS) is 11.4. The maximum Gasteiger partial charge on any atom is 0.184 e. The number of hydrogen-bond acceptors (Lipinski definition) is 2. The third-order valence-corrected chi connectivity index (χ3v) is 2.77. The summed E-state index contributed by atoms with van der Waals surface area (Å²) in [4.78, 5) is 0. The molecule has 86 valence electrons. The van der Waals surface area contributed by atoms with Crippen LogP contribution in [0.5, 0.6) is 0 Å². The lowest BCUT2D eigenvalue weighted by molar-refractivity contribution is 1.03. The highest BCUT2D eigenvalue weighted by atomic mass is 32.1. The van der Waals surface area contributed by atoms with Crippen LogP contribution in [0.3, 0.4) is 0 Å². The first-order valence-electron chi connectivity index (χ1n) is 5.09. The number of rotatable bonds is 2. The van der Waals surface area contributed by atoms with Crippen molar-refractivity contribution in [1.29, 1.82) is 0 Å². The average Bonchev–Trinajstić information content (AvgIpc) is 2.21. The number of thiocarbonyl (C=S) groups is 1. The Morgan fingerprint density at radius 3 is 2.19 bits per heavy atom. The van der Waals surface area contributed by atoms with Crippen molar-refractivity contribution in [2.75, 3.05) is 0 Å². The minimum atomic E-state index is 0.180. The highest BCUT2D eigenvalue weighted by Crippen LogP contribution is 2.15. The number of nitrogens with one attached hydrogen (secondary N) is 1. The van der Waals surface area contributed by atoms with Crippen LogP contribution in [-0.2, 0) is 0 Å². The zero-order valence-electron chi connectivity index (χ0n) is 10.1. The van der Waals surface area contributed by atoms with Gasteiger partial charge in [-0.05, 0) is 74.3 Å². The summed E-state index contributed by atoms with van der Waals surface area (Å²) in [6.45, 7) is 8.24. The summed E-state index contributed by atoms with van der Waals surface area (Å²) in [7, 11) is 0. The fourth-order valence-electron chi connectivity index (χ4n) is 1.45. The van der Waals surface area contributed by atoms with Crippen molar-refractivity contribution in [3.63, 3.8) is 0 Å². The van der Waals surface area contributed by atoms with Crippen molar-refractivity contribution in [3.05, 3.63) is 34.4 Å². The summed E-state index contributed by atoms with van der Waals surface area (Å²) in [6, 6.07) is 4.23. The molecule has 0 aliphatic rings. The predicted molar refractivity (Wildman–Crippen MR) is 72.8 cm³/mol. The van der Waals surface area contributed by atoms with Gasteiger partial charge in [-0.15, -0.1) is 0 Å². The minimum absolute atomic E-state index is 0.180. The molecule has 0 aliphatic heterocycles. The molecule has 0 aromatic heterocycles. The van der Waals surface area contributed by atoms with Crippen LogP contribution < -0.4 is 11.2 Å². The van der Waals surface area contributed by atoms with Crippen LogP contribution in [0.4, 0.5) is 0 Å². The second-order valence-corrected chi connectivity index (χ2v) is 4.35. The Balaban J connectivity index is 3.05. The van der Waals surface area contributed by atoms with Crippen molar-refractivity contribution in [3.8, 4) is 0 Å². The summed E-state index contributed by atoms with van der Waals surface area (Å²) in [6.07, 6.45) is 0. The first-order valence-corrected chi connectivity index (χ1v) is 5.50. The molecule has 0 saturated heterocycles. The molecule has 4 heteroatoms. The Kier molecular flexibility index (Phi) is 4.01. The molecule has 0 radical (unpaired) electrons. The topological polar surface area (TPSA) is 50.4 Å². The summed E-state index contributed by atoms with van der Waals surface area (Å²) < 4.78 is 0. The van der Waals surface area contributed by atoms with Crippen molar-refractivity contribution in [2.24, 2.45) is 10.8 Å². The lowest BCUT2D eigenvalue weighted by Gasteiger charge is -2.09. The fourth-order valence-corrected chi connectivity index (χ4v) is 1.49. The van der Waals surface area contributed by atoms with E-state index in [0.29, 0.717) is 0 Å². The van der Waals surface area contributed by atoms with Gasteiger partial charge in [0, 0.05) is 0 Å². The highest BCUT2D eigenvalue weighted by molar-refractivity contribution is 7.80. The van der Waals surface area contributed by atoms with Gasteiger partial charge >= 0.3 is 0 Å². The fraction of sp³-hybridized carbons (Fsp3) is 0.333. The standard InChI is InChI=1S/C12H17N3S/c1-7-5-11(6-8(2)9(7)3)10(4)14-15-12(13)16/h5-6H,1-4H3,(H3,13,15,16). The summed E-state index contributed by atoms with van der Waals surface area (Å²) in [5, 5.41) is 4.29. The van der Waals surface area contributed by atoms with E-state index in [1.807, 2.05) is 6.92 Å². The summed E-state index contributed by atoms with van der Waals surface area (Å²) >= 11 is 4.70. The van der Waals surface area contributed by atoms with Crippen LogP contribution in [-0.4, -0.2) is 10.8 Å². The molecule has 0 bridgehead atoms. The molecular weight excluding hydrogens is 218 g/mol. The van der Waals surface area contributed by atoms with Gasteiger partial charge < -0.3 is 5.73 Å². The van der Waals surface area contributed by atoms with Gasteiger partial charge in [-0.2, -0.15) is 5.10 Å². The van der Waals surface area contributed by atoms with Crippen LogP contribution in [0, 0.1) is 20.8 Å². The van der Waals surface area contributed by atoms with E-state index >= 15 is 0 Å². The van der Waals surface area contributed by atoms with E-state index in [0.717, 1.165) is 11.3 Å². The second-order valence-electron chi connectivity index (χ2n) is 3.91. The third-order valence-electron chi connectivity index (χ3n) is 2.68. The zero-order valence-corrected chi connectivity index (χ0v) is 10.9. The first kappa shape index (κ1) is 12.6. The largest absolute Gasteiger partial charge is 0.375 e. The molecular formula is C12H17N3S. The van der Waals surface area contributed by atoms with Crippen molar-refractivity contribution < 1.29 is 0 Å². The van der Waals surface area contributed by atoms with E-state index in [1.165, 1.54) is 16.7 Å². The zero-order chi connectivity index (χ0) is 12.3. The van der Waals surface area contributed by atoms with E-state index in [-0.39, 0.29) is 5.11 Å². The Morgan fingerprint density at radius 2 is 1.75 bits per heavy atom. The smallest absolute Gasteiger partial charge is 0.184 e. The minimum Gasteiger partial charge on any atom is -0.375 e. The third kappa shape index (κ3) is 3.03. The molecule has 16 heavy (non-hydrogen) atoms. The molecule has 0 amide bonds. The Labute approximate surface area is 102 Å². The average molecular weight is 235 g/mol. The monoisotopic (exact) mass is 235 g/mol. The number of benzene rings is 1. The number of nitrogens with zero attached hydrogens (tertiary/aromatic N) is 1. The molecule has 0 aliphatic carbocycles. The van der Waals surface area contributed by atoms with Crippen LogP contribution in [0.25, 0.3) is 0 Å². The summed E-state index contributed by atoms with van der Waals surface area (Å²) in [5.41, 5.74) is 13.7. The van der Waals surface area contributed by atoms with Gasteiger partial charge in [0.2, 0.25) is 0 Å². The lowest BCUT2D eigenvalue weighted by atomic mass is 9.99. The van der Waals surface area contributed by atoms with Crippen LogP contribution in [0.15, 0.2) is 17.2 Å². The lowest BCUT2D eigenvalue weighted by Crippen LogP contribution is -2.25. The molecule has 0 unspecified atom stereocenters. The molecule has 0 heterocycles. The Morgan fingerprint density at radius 1 is 1.25 bits per heavy atom. The number of hydrogen-bond donors (Lipinski definition) is 2. The van der Waals surface area contributed by atoms with E-state index in [2.05, 4.69) is 43.4 Å². The predicted octanol–water partition coefficient (Wildman–Crippen LogP) is 2.17. The van der Waals surface area contributed by atoms with E-state index in [4.69, 9.17) is 18.0 Å². The molecule has 0 saturated carbocycles. The Bertz CT molecular complexity index is 427. The molecule has 0 atom stereocenters. The van der Waals surface area contributed by atoms with Gasteiger partial charge in [0.25, 0.3) is 0 Å². The van der Waals surface area contributed by atoms with Crippen molar-refractivity contribution >= 4 is 23.0 Å². The quantitative estimate of drug-likeness (QED) is 0.469. The van der Waals surface area contributed by atoms with Gasteiger partial charge in [-0.1, -0.05) is 0 Å². The van der Waals surface area contributed by atoms with E-state index in [9.17, 15) is 0 Å². The van der Waals surface area contributed by atoms with Crippen LogP contribution >= 0.6 is 12.2 Å². The number of nitrogens with two attached hydrogens (primary N) is 1. The number of hydrazone groups is 1. The van der Waals surface area contributed by atoms with Gasteiger partial charge in [-0.25, -0.2) is 0 Å². The van der Waals surface area contributed by atoms with Gasteiger partial charge in [-0.3, -0.25) is 5.43 Å². The van der Waals surface area contributed by atoms with Gasteiger partial charge in [0.15, 0.2) is 5.11 Å². The molecule has 3 nitrogen and oxygen atoms in total. The van der Waals surface area contributed by atoms with E-state index in [1.54, 1.807) is 0 Å². The Hall–Kier alpha value is -1.42. The maximum absolute atomic E-state index is 5.32. The highest BCUT2D eigenvalue weighted by Gasteiger charge is 2.03. The first-order chi connectivity index (χ1) is 7.41. The van der Waals surface area contributed by atoms with Gasteiger partial charge in [0.05, 0.1) is 5.71 Å². The van der Waals surface area contributed by atoms with E-state index < -0.39 is 0 Å².